The van der Waals surface area contributed by atoms with Crippen LogP contribution < -0.4 is 0 Å². The summed E-state index contributed by atoms with van der Waals surface area (Å²) in [5.74, 6) is 0. The molecule has 0 bridgehead atoms. The molecule has 1 N–H and O–H groups in total. The van der Waals surface area contributed by atoms with Gasteiger partial charge in [-0.15, -0.1) is 0 Å². The van der Waals surface area contributed by atoms with Crippen LogP contribution >= 0.6 is 0 Å². The molecule has 1 saturated heterocycles. The second-order valence-corrected chi connectivity index (χ2v) is 2.69. The predicted molar refractivity (Wildman–Crippen MR) is 50.6 cm³/mol. The van der Waals surface area contributed by atoms with Crippen LogP contribution in [0.4, 0.5) is 4.79 Å². The van der Waals surface area contributed by atoms with Gasteiger partial charge in [-0.2, -0.15) is 0 Å². The predicted octanol–water partition coefficient (Wildman–Crippen LogP) is 1.24. The number of aliphatic hydroxyl groups excluding tert-OH is 1. The molecule has 0 aliphatic carbocycles. The van der Waals surface area contributed by atoms with Gasteiger partial charge in [-0.25, -0.2) is 4.79 Å². The first-order valence-corrected chi connectivity index (χ1v) is 4.75. The Morgan fingerprint density at radius 1 is 1.38 bits per heavy atom. The van der Waals surface area contributed by atoms with Crippen molar-refractivity contribution in [2.24, 2.45) is 0 Å². The van der Waals surface area contributed by atoms with Crippen molar-refractivity contribution in [2.45, 2.75) is 32.8 Å². The van der Waals surface area contributed by atoms with Gasteiger partial charge in [-0.3, -0.25) is 0 Å². The monoisotopic (exact) mass is 189 g/mol. The van der Waals surface area contributed by atoms with Crippen LogP contribution in [0.3, 0.4) is 0 Å². The molecular weight excluding hydrogens is 170 g/mol. The van der Waals surface area contributed by atoms with Crippen LogP contribution in [0.1, 0.15) is 26.7 Å². The van der Waals surface area contributed by atoms with E-state index in [9.17, 15) is 4.79 Å². The Balaban J connectivity index is 0.000000671. The van der Waals surface area contributed by atoms with Crippen molar-refractivity contribution in [3.05, 3.63) is 0 Å². The number of piperidine rings is 1. The maximum atomic E-state index is 10.9. The van der Waals surface area contributed by atoms with Gasteiger partial charge in [0.05, 0.1) is 13.2 Å². The van der Waals surface area contributed by atoms with Crippen molar-refractivity contribution in [1.82, 2.24) is 4.90 Å². The second kappa shape index (κ2) is 6.71. The van der Waals surface area contributed by atoms with Crippen LogP contribution in [-0.2, 0) is 4.74 Å². The fourth-order valence-corrected chi connectivity index (χ4v) is 1.18. The van der Waals surface area contributed by atoms with Crippen LogP contribution in [0.2, 0.25) is 0 Å². The van der Waals surface area contributed by atoms with Gasteiger partial charge >= 0.3 is 6.09 Å². The highest BCUT2D eigenvalue weighted by molar-refractivity contribution is 5.67. The number of carbonyl (C=O) groups is 1. The summed E-state index contributed by atoms with van der Waals surface area (Å²) in [6.45, 7) is 5.21. The molecule has 0 saturated carbocycles. The lowest BCUT2D eigenvalue weighted by molar-refractivity contribution is 0.0686. The molecule has 0 aromatic carbocycles. The lowest BCUT2D eigenvalue weighted by atomic mass is 10.1. The lowest BCUT2D eigenvalue weighted by Crippen LogP contribution is -2.39. The molecule has 4 nitrogen and oxygen atoms in total. The smallest absolute Gasteiger partial charge is 0.409 e. The number of hydrogen-bond acceptors (Lipinski definition) is 3. The third-order valence-electron chi connectivity index (χ3n) is 1.90. The Bertz CT molecular complexity index is 142. The third-order valence-corrected chi connectivity index (χ3v) is 1.90. The van der Waals surface area contributed by atoms with E-state index in [1.54, 1.807) is 4.90 Å². The van der Waals surface area contributed by atoms with Crippen LogP contribution in [-0.4, -0.2) is 42.4 Å². The maximum Gasteiger partial charge on any atom is 0.409 e. The topological polar surface area (TPSA) is 49.8 Å². The van der Waals surface area contributed by atoms with E-state index >= 15 is 0 Å². The van der Waals surface area contributed by atoms with Gasteiger partial charge in [0.25, 0.3) is 0 Å². The standard InChI is InChI=1S/C7H13NO3.C2H6/c1-11-7(10)8-4-2-6(9)3-5-8;1-2/h6,9H,2-5H2,1H3;1-2H3. The summed E-state index contributed by atoms with van der Waals surface area (Å²) in [6.07, 6.45) is 0.789. The summed E-state index contributed by atoms with van der Waals surface area (Å²) >= 11 is 0. The van der Waals surface area contributed by atoms with Gasteiger partial charge in [-0.05, 0) is 12.8 Å². The largest absolute Gasteiger partial charge is 0.453 e. The van der Waals surface area contributed by atoms with Gasteiger partial charge in [0, 0.05) is 13.1 Å². The fourth-order valence-electron chi connectivity index (χ4n) is 1.18. The van der Waals surface area contributed by atoms with E-state index in [1.165, 1.54) is 7.11 Å². The molecule has 0 radical (unpaired) electrons. The average Bonchev–Trinajstić information content (AvgIpc) is 2.21. The number of amides is 1. The molecule has 78 valence electrons. The summed E-state index contributed by atoms with van der Waals surface area (Å²) in [5.41, 5.74) is 0. The number of hydrogen-bond donors (Lipinski definition) is 1. The van der Waals surface area contributed by atoms with Crippen molar-refractivity contribution in [1.29, 1.82) is 0 Å². The maximum absolute atomic E-state index is 10.9. The summed E-state index contributed by atoms with van der Waals surface area (Å²) in [7, 11) is 1.37. The summed E-state index contributed by atoms with van der Waals surface area (Å²) in [4.78, 5) is 12.5. The van der Waals surface area contributed by atoms with E-state index in [2.05, 4.69) is 4.74 Å². The number of methoxy groups -OCH3 is 1. The first-order valence-electron chi connectivity index (χ1n) is 4.75. The van der Waals surface area contributed by atoms with Crippen molar-refractivity contribution < 1.29 is 14.6 Å². The highest BCUT2D eigenvalue weighted by Crippen LogP contribution is 2.10. The first-order chi connectivity index (χ1) is 6.24. The zero-order valence-corrected chi connectivity index (χ0v) is 8.62. The molecule has 1 rings (SSSR count). The summed E-state index contributed by atoms with van der Waals surface area (Å²) in [6, 6.07) is 0. The molecule has 0 unspecified atom stereocenters. The fraction of sp³-hybridized carbons (Fsp3) is 0.889. The van der Waals surface area contributed by atoms with Gasteiger partial charge in [0.15, 0.2) is 0 Å². The molecule has 0 aromatic rings. The van der Waals surface area contributed by atoms with Crippen molar-refractivity contribution in [3.63, 3.8) is 0 Å². The molecule has 0 spiro atoms. The van der Waals surface area contributed by atoms with Crippen molar-refractivity contribution in [3.8, 4) is 0 Å². The van der Waals surface area contributed by atoms with E-state index in [0.29, 0.717) is 25.9 Å². The van der Waals surface area contributed by atoms with Crippen LogP contribution in [0.25, 0.3) is 0 Å². The minimum Gasteiger partial charge on any atom is -0.453 e. The van der Waals surface area contributed by atoms with E-state index in [-0.39, 0.29) is 12.2 Å². The number of ether oxygens (including phenoxy) is 1. The Morgan fingerprint density at radius 3 is 2.23 bits per heavy atom. The van der Waals surface area contributed by atoms with E-state index in [1.807, 2.05) is 13.8 Å². The van der Waals surface area contributed by atoms with Crippen LogP contribution in [0, 0.1) is 0 Å². The normalized spacial score (nSPS) is 17.4. The number of rotatable bonds is 0. The summed E-state index contributed by atoms with van der Waals surface area (Å²) in [5, 5.41) is 9.10. The van der Waals surface area contributed by atoms with Gasteiger partial charge in [0.1, 0.15) is 0 Å². The number of carbonyl (C=O) groups excluding carboxylic acids is 1. The molecule has 13 heavy (non-hydrogen) atoms. The zero-order chi connectivity index (χ0) is 10.3. The molecule has 1 aliphatic heterocycles. The summed E-state index contributed by atoms with van der Waals surface area (Å²) < 4.78 is 4.53. The minimum absolute atomic E-state index is 0.240. The van der Waals surface area contributed by atoms with E-state index in [4.69, 9.17) is 5.11 Å². The first kappa shape index (κ1) is 12.2. The quantitative estimate of drug-likeness (QED) is 0.623. The molecule has 0 aromatic heterocycles. The van der Waals surface area contributed by atoms with Gasteiger partial charge in [-0.1, -0.05) is 13.8 Å². The van der Waals surface area contributed by atoms with Crippen LogP contribution in [0.15, 0.2) is 0 Å². The highest BCUT2D eigenvalue weighted by atomic mass is 16.5. The Morgan fingerprint density at radius 2 is 1.85 bits per heavy atom. The van der Waals surface area contributed by atoms with Crippen molar-refractivity contribution in [2.75, 3.05) is 20.2 Å². The number of likely N-dealkylation sites (tertiary alicyclic amines) is 1. The average molecular weight is 189 g/mol. The van der Waals surface area contributed by atoms with Crippen LogP contribution in [0.5, 0.6) is 0 Å². The minimum atomic E-state index is -0.295. The lowest BCUT2D eigenvalue weighted by Gasteiger charge is -2.28. The van der Waals surface area contributed by atoms with Crippen molar-refractivity contribution >= 4 is 6.09 Å². The Hall–Kier alpha value is -0.770. The highest BCUT2D eigenvalue weighted by Gasteiger charge is 2.20. The van der Waals surface area contributed by atoms with E-state index in [0.717, 1.165) is 0 Å². The number of aliphatic hydroxyl groups is 1. The number of nitrogens with zero attached hydrogens (tertiary/aromatic N) is 1. The molecule has 4 heteroatoms. The molecule has 1 amide bonds. The Kier molecular flexibility index (Phi) is 6.32. The molecule has 1 heterocycles. The van der Waals surface area contributed by atoms with Gasteiger partial charge in [0.2, 0.25) is 0 Å². The van der Waals surface area contributed by atoms with E-state index < -0.39 is 0 Å². The third kappa shape index (κ3) is 4.12. The Labute approximate surface area is 79.5 Å². The molecule has 0 atom stereocenters. The second-order valence-electron chi connectivity index (χ2n) is 2.69. The molecular formula is C9H19NO3. The molecule has 1 fully saturated rings. The zero-order valence-electron chi connectivity index (χ0n) is 8.62. The SMILES string of the molecule is CC.COC(=O)N1CCC(O)CC1. The van der Waals surface area contributed by atoms with Gasteiger partial charge < -0.3 is 14.7 Å². The molecule has 1 aliphatic rings.